The lowest BCUT2D eigenvalue weighted by Crippen LogP contribution is -2.26. The monoisotopic (exact) mass is 271 g/mol. The van der Waals surface area contributed by atoms with E-state index in [1.54, 1.807) is 19.2 Å². The van der Waals surface area contributed by atoms with Crippen molar-refractivity contribution in [3.8, 4) is 5.75 Å². The zero-order valence-electron chi connectivity index (χ0n) is 11.7. The molecule has 0 saturated carbocycles. The molecule has 1 aliphatic heterocycles. The van der Waals surface area contributed by atoms with Crippen LogP contribution in [0.3, 0.4) is 0 Å². The summed E-state index contributed by atoms with van der Waals surface area (Å²) in [6.45, 7) is 2.18. The van der Waals surface area contributed by atoms with Crippen LogP contribution in [-0.2, 0) is 6.42 Å². The predicted octanol–water partition coefficient (Wildman–Crippen LogP) is 4.18. The Morgan fingerprint density at radius 3 is 2.80 bits per heavy atom. The first-order valence-corrected chi connectivity index (χ1v) is 6.87. The molecular formula is C17H18FNO. The van der Waals surface area contributed by atoms with Crippen LogP contribution in [0.25, 0.3) is 0 Å². The number of fused-ring (bicyclic) bond motifs is 1. The van der Waals surface area contributed by atoms with Crippen molar-refractivity contribution in [2.45, 2.75) is 19.4 Å². The van der Waals surface area contributed by atoms with Crippen LogP contribution < -0.4 is 10.1 Å². The molecule has 2 unspecified atom stereocenters. The normalized spacial score (nSPS) is 20.9. The third-order valence-corrected chi connectivity index (χ3v) is 3.97. The van der Waals surface area contributed by atoms with Crippen LogP contribution in [0.4, 0.5) is 10.1 Å². The highest BCUT2D eigenvalue weighted by Gasteiger charge is 2.28. The molecule has 0 fully saturated rings. The van der Waals surface area contributed by atoms with Gasteiger partial charge in [0.05, 0.1) is 13.2 Å². The summed E-state index contributed by atoms with van der Waals surface area (Å²) in [5, 5.41) is 3.52. The van der Waals surface area contributed by atoms with E-state index >= 15 is 0 Å². The van der Waals surface area contributed by atoms with Crippen LogP contribution >= 0.6 is 0 Å². The summed E-state index contributed by atoms with van der Waals surface area (Å²) in [5.41, 5.74) is 3.32. The summed E-state index contributed by atoms with van der Waals surface area (Å²) in [6, 6.07) is 13.0. The van der Waals surface area contributed by atoms with E-state index in [1.807, 2.05) is 6.07 Å². The Morgan fingerprint density at radius 2 is 2.00 bits per heavy atom. The first-order chi connectivity index (χ1) is 9.69. The van der Waals surface area contributed by atoms with Gasteiger partial charge in [0.15, 0.2) is 0 Å². The Hall–Kier alpha value is -2.03. The highest BCUT2D eigenvalue weighted by molar-refractivity contribution is 5.56. The summed E-state index contributed by atoms with van der Waals surface area (Å²) in [6.07, 6.45) is 0.980. The zero-order chi connectivity index (χ0) is 14.1. The molecule has 1 aliphatic rings. The predicted molar refractivity (Wildman–Crippen MR) is 78.6 cm³/mol. The number of anilines is 1. The average molecular weight is 271 g/mol. The molecular weight excluding hydrogens is 253 g/mol. The minimum absolute atomic E-state index is 0.0653. The number of nitrogens with one attached hydrogen (secondary N) is 1. The molecule has 3 rings (SSSR count). The molecule has 2 nitrogen and oxygen atoms in total. The molecule has 1 N–H and O–H groups in total. The fourth-order valence-corrected chi connectivity index (χ4v) is 2.95. The fourth-order valence-electron chi connectivity index (χ4n) is 2.95. The van der Waals surface area contributed by atoms with Crippen molar-refractivity contribution in [1.29, 1.82) is 0 Å². The molecule has 1 heterocycles. The number of rotatable bonds is 2. The standard InChI is InChI=1S/C17H18FNO/c1-11-9-12-5-3-4-6-15(12)19-17(11)14-10-13(18)7-8-16(14)20-2/h3-8,10-11,17,19H,9H2,1-2H3. The van der Waals surface area contributed by atoms with Crippen molar-refractivity contribution in [3.63, 3.8) is 0 Å². The first-order valence-electron chi connectivity index (χ1n) is 6.87. The number of methoxy groups -OCH3 is 1. The van der Waals surface area contributed by atoms with Crippen LogP contribution in [-0.4, -0.2) is 7.11 Å². The Kier molecular flexibility index (Phi) is 3.35. The Balaban J connectivity index is 2.01. The SMILES string of the molecule is COc1ccc(F)cc1C1Nc2ccccc2CC1C. The summed E-state index contributed by atoms with van der Waals surface area (Å²) in [7, 11) is 1.62. The molecule has 0 aromatic heterocycles. The fraction of sp³-hybridized carbons (Fsp3) is 0.294. The number of benzene rings is 2. The quantitative estimate of drug-likeness (QED) is 0.884. The van der Waals surface area contributed by atoms with Gasteiger partial charge >= 0.3 is 0 Å². The average Bonchev–Trinajstić information content (AvgIpc) is 2.46. The largest absolute Gasteiger partial charge is 0.496 e. The maximum atomic E-state index is 13.6. The molecule has 0 amide bonds. The molecule has 20 heavy (non-hydrogen) atoms. The maximum Gasteiger partial charge on any atom is 0.124 e. The second-order valence-corrected chi connectivity index (χ2v) is 5.35. The van der Waals surface area contributed by atoms with Crippen molar-refractivity contribution in [2.24, 2.45) is 5.92 Å². The van der Waals surface area contributed by atoms with E-state index < -0.39 is 0 Å². The van der Waals surface area contributed by atoms with Gasteiger partial charge in [0.1, 0.15) is 11.6 Å². The maximum absolute atomic E-state index is 13.6. The van der Waals surface area contributed by atoms with Gasteiger partial charge in [-0.3, -0.25) is 0 Å². The van der Waals surface area contributed by atoms with Gasteiger partial charge in [-0.2, -0.15) is 0 Å². The Bertz CT molecular complexity index is 626. The van der Waals surface area contributed by atoms with E-state index in [1.165, 1.54) is 11.6 Å². The molecule has 0 spiro atoms. The molecule has 2 aromatic rings. The summed E-state index contributed by atoms with van der Waals surface area (Å²) >= 11 is 0. The molecule has 2 atom stereocenters. The van der Waals surface area contributed by atoms with E-state index in [0.717, 1.165) is 23.4 Å². The highest BCUT2D eigenvalue weighted by atomic mass is 19.1. The van der Waals surface area contributed by atoms with Gasteiger partial charge < -0.3 is 10.1 Å². The van der Waals surface area contributed by atoms with Gasteiger partial charge in [-0.15, -0.1) is 0 Å². The van der Waals surface area contributed by atoms with E-state index in [9.17, 15) is 4.39 Å². The first kappa shape index (κ1) is 13.0. The summed E-state index contributed by atoms with van der Waals surface area (Å²) in [5.74, 6) is 0.879. The molecule has 2 aromatic carbocycles. The van der Waals surface area contributed by atoms with Crippen LogP contribution in [0.1, 0.15) is 24.1 Å². The lowest BCUT2D eigenvalue weighted by atomic mass is 9.84. The Labute approximate surface area is 118 Å². The molecule has 0 bridgehead atoms. The van der Waals surface area contributed by atoms with Crippen LogP contribution in [0, 0.1) is 11.7 Å². The van der Waals surface area contributed by atoms with E-state index in [4.69, 9.17) is 4.74 Å². The van der Waals surface area contributed by atoms with Gasteiger partial charge in [-0.1, -0.05) is 25.1 Å². The minimum atomic E-state index is -0.228. The molecule has 0 aliphatic carbocycles. The van der Waals surface area contributed by atoms with Crippen molar-refractivity contribution >= 4 is 5.69 Å². The molecule has 3 heteroatoms. The molecule has 0 radical (unpaired) electrons. The summed E-state index contributed by atoms with van der Waals surface area (Å²) in [4.78, 5) is 0. The number of ether oxygens (including phenoxy) is 1. The van der Waals surface area contributed by atoms with E-state index in [0.29, 0.717) is 5.92 Å². The minimum Gasteiger partial charge on any atom is -0.496 e. The number of halogens is 1. The lowest BCUT2D eigenvalue weighted by Gasteiger charge is -2.33. The Morgan fingerprint density at radius 1 is 1.20 bits per heavy atom. The number of para-hydroxylation sites is 1. The molecule has 0 saturated heterocycles. The topological polar surface area (TPSA) is 21.3 Å². The third kappa shape index (κ3) is 2.24. The van der Waals surface area contributed by atoms with Crippen molar-refractivity contribution in [3.05, 3.63) is 59.4 Å². The summed E-state index contributed by atoms with van der Waals surface area (Å²) < 4.78 is 19.0. The van der Waals surface area contributed by atoms with E-state index in [2.05, 4.69) is 30.4 Å². The van der Waals surface area contributed by atoms with Gasteiger partial charge in [0, 0.05) is 11.3 Å². The molecule has 104 valence electrons. The van der Waals surface area contributed by atoms with Crippen molar-refractivity contribution < 1.29 is 9.13 Å². The lowest BCUT2D eigenvalue weighted by molar-refractivity contribution is 0.392. The second-order valence-electron chi connectivity index (χ2n) is 5.35. The van der Waals surface area contributed by atoms with Crippen molar-refractivity contribution in [1.82, 2.24) is 0 Å². The smallest absolute Gasteiger partial charge is 0.124 e. The van der Waals surface area contributed by atoms with Gasteiger partial charge in [-0.05, 0) is 42.2 Å². The zero-order valence-corrected chi connectivity index (χ0v) is 11.7. The number of hydrogen-bond acceptors (Lipinski definition) is 2. The van der Waals surface area contributed by atoms with Crippen LogP contribution in [0.5, 0.6) is 5.75 Å². The van der Waals surface area contributed by atoms with Crippen molar-refractivity contribution in [2.75, 3.05) is 12.4 Å². The van der Waals surface area contributed by atoms with Crippen LogP contribution in [0.15, 0.2) is 42.5 Å². The van der Waals surface area contributed by atoms with Gasteiger partial charge in [0.2, 0.25) is 0 Å². The van der Waals surface area contributed by atoms with E-state index in [-0.39, 0.29) is 11.9 Å². The number of hydrogen-bond donors (Lipinski definition) is 1. The highest BCUT2D eigenvalue weighted by Crippen LogP contribution is 2.39. The third-order valence-electron chi connectivity index (χ3n) is 3.97. The van der Waals surface area contributed by atoms with Crippen LogP contribution in [0.2, 0.25) is 0 Å². The second kappa shape index (κ2) is 5.16. The van der Waals surface area contributed by atoms with Gasteiger partial charge in [0.25, 0.3) is 0 Å². The van der Waals surface area contributed by atoms with Gasteiger partial charge in [-0.25, -0.2) is 4.39 Å².